The van der Waals surface area contributed by atoms with E-state index in [0.29, 0.717) is 5.82 Å². The predicted octanol–water partition coefficient (Wildman–Crippen LogP) is 2.15. The lowest BCUT2D eigenvalue weighted by atomic mass is 10.1. The molecule has 0 radical (unpaired) electrons. The van der Waals surface area contributed by atoms with Crippen LogP contribution in [0.25, 0.3) is 16.8 Å². The fourth-order valence-corrected chi connectivity index (χ4v) is 1.96. The standard InChI is InChI=1S/C13H13N5/c1-9-6-16-18(8-9)12-5-3-2-4-10(12)11-7-15-17-13(11)14/h2-8H,1H3,(H3,14,15,17). The van der Waals surface area contributed by atoms with Crippen LogP contribution in [-0.2, 0) is 0 Å². The largest absolute Gasteiger partial charge is 0.384 e. The number of anilines is 1. The minimum atomic E-state index is 0.561. The maximum atomic E-state index is 5.88. The summed E-state index contributed by atoms with van der Waals surface area (Å²) in [5, 5.41) is 11.0. The lowest BCUT2D eigenvalue weighted by Crippen LogP contribution is -1.98. The van der Waals surface area contributed by atoms with Crippen LogP contribution in [0.2, 0.25) is 0 Å². The van der Waals surface area contributed by atoms with Crippen LogP contribution >= 0.6 is 0 Å². The van der Waals surface area contributed by atoms with E-state index < -0.39 is 0 Å². The number of H-pyrrole nitrogens is 1. The normalized spacial score (nSPS) is 10.7. The third kappa shape index (κ3) is 1.66. The van der Waals surface area contributed by atoms with Gasteiger partial charge in [0.05, 0.1) is 18.1 Å². The van der Waals surface area contributed by atoms with Crippen LogP contribution in [-0.4, -0.2) is 20.0 Å². The van der Waals surface area contributed by atoms with E-state index >= 15 is 0 Å². The first kappa shape index (κ1) is 10.6. The van der Waals surface area contributed by atoms with Crippen LogP contribution in [0.5, 0.6) is 0 Å². The van der Waals surface area contributed by atoms with Gasteiger partial charge in [-0.25, -0.2) is 4.68 Å². The molecule has 0 unspecified atom stereocenters. The summed E-state index contributed by atoms with van der Waals surface area (Å²) in [5.41, 5.74) is 9.87. The van der Waals surface area contributed by atoms with Crippen LogP contribution in [0.4, 0.5) is 5.82 Å². The van der Waals surface area contributed by atoms with Crippen molar-refractivity contribution < 1.29 is 0 Å². The highest BCUT2D eigenvalue weighted by Gasteiger charge is 2.11. The zero-order chi connectivity index (χ0) is 12.5. The second kappa shape index (κ2) is 4.03. The molecule has 0 aliphatic carbocycles. The molecule has 0 atom stereocenters. The highest BCUT2D eigenvalue weighted by Crippen LogP contribution is 2.29. The van der Waals surface area contributed by atoms with Gasteiger partial charge in [0, 0.05) is 17.3 Å². The van der Waals surface area contributed by atoms with Crippen LogP contribution in [0.1, 0.15) is 5.56 Å². The summed E-state index contributed by atoms with van der Waals surface area (Å²) in [7, 11) is 0. The third-order valence-electron chi connectivity index (χ3n) is 2.82. The number of benzene rings is 1. The summed E-state index contributed by atoms with van der Waals surface area (Å²) in [5.74, 6) is 0.561. The Balaban J connectivity index is 2.20. The number of para-hydroxylation sites is 1. The number of aromatic nitrogens is 4. The minimum Gasteiger partial charge on any atom is -0.384 e. The Morgan fingerprint density at radius 3 is 2.67 bits per heavy atom. The first-order valence-corrected chi connectivity index (χ1v) is 5.65. The Kier molecular flexibility index (Phi) is 2.37. The van der Waals surface area contributed by atoms with Gasteiger partial charge in [-0.05, 0) is 18.6 Å². The van der Waals surface area contributed by atoms with Crippen molar-refractivity contribution in [2.24, 2.45) is 0 Å². The van der Waals surface area contributed by atoms with Crippen LogP contribution < -0.4 is 5.73 Å². The van der Waals surface area contributed by atoms with Gasteiger partial charge in [0.2, 0.25) is 0 Å². The third-order valence-corrected chi connectivity index (χ3v) is 2.82. The highest BCUT2D eigenvalue weighted by atomic mass is 15.3. The predicted molar refractivity (Wildman–Crippen MR) is 70.3 cm³/mol. The number of nitrogens with two attached hydrogens (primary N) is 1. The minimum absolute atomic E-state index is 0.561. The lowest BCUT2D eigenvalue weighted by molar-refractivity contribution is 0.882. The number of hydrogen-bond acceptors (Lipinski definition) is 3. The zero-order valence-corrected chi connectivity index (χ0v) is 9.96. The van der Waals surface area contributed by atoms with Crippen molar-refractivity contribution in [3.8, 4) is 16.8 Å². The molecule has 5 nitrogen and oxygen atoms in total. The van der Waals surface area contributed by atoms with Crippen LogP contribution in [0.15, 0.2) is 42.9 Å². The number of aryl methyl sites for hydroxylation is 1. The molecule has 0 amide bonds. The van der Waals surface area contributed by atoms with Crippen molar-refractivity contribution in [2.45, 2.75) is 6.92 Å². The quantitative estimate of drug-likeness (QED) is 0.719. The second-order valence-electron chi connectivity index (χ2n) is 4.18. The number of aromatic amines is 1. The summed E-state index contributed by atoms with van der Waals surface area (Å²) < 4.78 is 1.84. The van der Waals surface area contributed by atoms with Gasteiger partial charge in [-0.15, -0.1) is 0 Å². The molecule has 0 aliphatic heterocycles. The number of nitrogen functional groups attached to an aromatic ring is 1. The Morgan fingerprint density at radius 1 is 1.17 bits per heavy atom. The van der Waals surface area contributed by atoms with E-state index in [9.17, 15) is 0 Å². The van der Waals surface area contributed by atoms with Gasteiger partial charge in [-0.3, -0.25) is 5.10 Å². The number of rotatable bonds is 2. The van der Waals surface area contributed by atoms with Crippen molar-refractivity contribution in [3.63, 3.8) is 0 Å². The molecule has 3 aromatic rings. The van der Waals surface area contributed by atoms with Crippen LogP contribution in [0, 0.1) is 6.92 Å². The lowest BCUT2D eigenvalue weighted by Gasteiger charge is -2.08. The molecule has 0 bridgehead atoms. The fourth-order valence-electron chi connectivity index (χ4n) is 1.96. The average molecular weight is 239 g/mol. The van der Waals surface area contributed by atoms with E-state index in [-0.39, 0.29) is 0 Å². The summed E-state index contributed by atoms with van der Waals surface area (Å²) in [4.78, 5) is 0. The summed E-state index contributed by atoms with van der Waals surface area (Å²) in [6, 6.07) is 7.97. The molecular formula is C13H13N5. The Hall–Kier alpha value is -2.56. The van der Waals surface area contributed by atoms with Crippen molar-refractivity contribution in [2.75, 3.05) is 5.73 Å². The van der Waals surface area contributed by atoms with Gasteiger partial charge in [-0.1, -0.05) is 18.2 Å². The molecule has 2 aromatic heterocycles. The molecule has 3 rings (SSSR count). The van der Waals surface area contributed by atoms with E-state index in [2.05, 4.69) is 15.3 Å². The van der Waals surface area contributed by atoms with E-state index in [1.807, 2.05) is 48.3 Å². The van der Waals surface area contributed by atoms with Crippen molar-refractivity contribution in [1.29, 1.82) is 0 Å². The average Bonchev–Trinajstić information content (AvgIpc) is 2.98. The molecule has 0 saturated carbocycles. The Bertz CT molecular complexity index is 680. The maximum Gasteiger partial charge on any atom is 0.126 e. The first-order valence-electron chi connectivity index (χ1n) is 5.65. The van der Waals surface area contributed by atoms with Gasteiger partial charge in [-0.2, -0.15) is 10.2 Å². The highest BCUT2D eigenvalue weighted by molar-refractivity contribution is 5.79. The molecule has 1 aromatic carbocycles. The van der Waals surface area contributed by atoms with Crippen LogP contribution in [0.3, 0.4) is 0 Å². The van der Waals surface area contributed by atoms with E-state index in [1.165, 1.54) is 0 Å². The topological polar surface area (TPSA) is 72.5 Å². The Morgan fingerprint density at radius 2 is 2.00 bits per heavy atom. The van der Waals surface area contributed by atoms with Crippen molar-refractivity contribution in [1.82, 2.24) is 20.0 Å². The fraction of sp³-hybridized carbons (Fsp3) is 0.0769. The zero-order valence-electron chi connectivity index (χ0n) is 9.96. The Labute approximate surface area is 104 Å². The van der Waals surface area contributed by atoms with Gasteiger partial charge in [0.15, 0.2) is 0 Å². The monoisotopic (exact) mass is 239 g/mol. The molecule has 0 spiro atoms. The molecule has 3 N–H and O–H groups in total. The maximum absolute atomic E-state index is 5.88. The molecule has 0 aliphatic rings. The van der Waals surface area contributed by atoms with Crippen molar-refractivity contribution >= 4 is 5.82 Å². The second-order valence-corrected chi connectivity index (χ2v) is 4.18. The SMILES string of the molecule is Cc1cnn(-c2ccccc2-c2cn[nH]c2N)c1. The van der Waals surface area contributed by atoms with Gasteiger partial charge in [0.1, 0.15) is 5.82 Å². The number of nitrogens with one attached hydrogen (secondary N) is 1. The molecule has 90 valence electrons. The number of hydrogen-bond donors (Lipinski definition) is 2. The van der Waals surface area contributed by atoms with Gasteiger partial charge >= 0.3 is 0 Å². The van der Waals surface area contributed by atoms with Crippen molar-refractivity contribution in [3.05, 3.63) is 48.4 Å². The summed E-state index contributed by atoms with van der Waals surface area (Å²) >= 11 is 0. The molecule has 18 heavy (non-hydrogen) atoms. The first-order chi connectivity index (χ1) is 8.75. The molecule has 0 fully saturated rings. The molecule has 5 heteroatoms. The van der Waals surface area contributed by atoms with Gasteiger partial charge < -0.3 is 5.73 Å². The molecule has 2 heterocycles. The summed E-state index contributed by atoms with van der Waals surface area (Å²) in [6.07, 6.45) is 5.54. The molecular weight excluding hydrogens is 226 g/mol. The number of nitrogens with zero attached hydrogens (tertiary/aromatic N) is 3. The van der Waals surface area contributed by atoms with E-state index in [1.54, 1.807) is 6.20 Å². The van der Waals surface area contributed by atoms with E-state index in [4.69, 9.17) is 5.73 Å². The summed E-state index contributed by atoms with van der Waals surface area (Å²) in [6.45, 7) is 2.01. The van der Waals surface area contributed by atoms with Gasteiger partial charge in [0.25, 0.3) is 0 Å². The smallest absolute Gasteiger partial charge is 0.126 e. The molecule has 0 saturated heterocycles. The van der Waals surface area contributed by atoms with E-state index in [0.717, 1.165) is 22.4 Å².